The van der Waals surface area contributed by atoms with Crippen LogP contribution in [0.15, 0.2) is 48.5 Å². The maximum atomic E-state index is 13.3. The van der Waals surface area contributed by atoms with Gasteiger partial charge in [-0.2, -0.15) is 0 Å². The second-order valence-corrected chi connectivity index (χ2v) is 8.95. The lowest BCUT2D eigenvalue weighted by Crippen LogP contribution is -2.73. The summed E-state index contributed by atoms with van der Waals surface area (Å²) < 4.78 is 13.3. The first kappa shape index (κ1) is 20.7. The number of carbonyl (C=O) groups excluding carboxylic acids is 2. The monoisotopic (exact) mass is 432 g/mol. The molecule has 2 aliphatic heterocycles. The van der Waals surface area contributed by atoms with Crippen LogP contribution in [0.5, 0.6) is 0 Å². The van der Waals surface area contributed by atoms with Gasteiger partial charge in [-0.3, -0.25) is 9.59 Å². The van der Waals surface area contributed by atoms with Gasteiger partial charge in [0, 0.05) is 30.0 Å². The van der Waals surface area contributed by atoms with Gasteiger partial charge in [0.05, 0.1) is 25.2 Å². The zero-order valence-electron chi connectivity index (χ0n) is 17.7. The van der Waals surface area contributed by atoms with E-state index >= 15 is 0 Å². The van der Waals surface area contributed by atoms with Crippen LogP contribution in [-0.2, 0) is 9.59 Å². The largest absolute Gasteiger partial charge is 0.394 e. The molecule has 3 fully saturated rings. The molecule has 1 N–H and O–H groups in total. The molecular weight excluding hydrogens is 407 g/mol. The van der Waals surface area contributed by atoms with Crippen molar-refractivity contribution in [1.29, 1.82) is 0 Å². The van der Waals surface area contributed by atoms with Crippen molar-refractivity contribution in [1.82, 2.24) is 9.80 Å². The normalized spacial score (nSPS) is 24.3. The molecule has 0 bridgehead atoms. The topological polar surface area (TPSA) is 60.9 Å². The minimum absolute atomic E-state index is 0.0225. The molecule has 2 aromatic carbocycles. The predicted octanol–water partition coefficient (Wildman–Crippen LogP) is 2.52. The first-order valence-electron chi connectivity index (χ1n) is 11.1. The average molecular weight is 432 g/mol. The Labute approximate surface area is 186 Å². The molecule has 32 heavy (non-hydrogen) atoms. The molecule has 6 heteroatoms. The Hall–Kier alpha value is -3.17. The van der Waals surface area contributed by atoms with E-state index in [1.807, 2.05) is 24.3 Å². The number of nitrogens with zero attached hydrogens (tertiary/aromatic N) is 2. The van der Waals surface area contributed by atoms with Crippen LogP contribution in [0.4, 0.5) is 4.39 Å². The van der Waals surface area contributed by atoms with Crippen LogP contribution < -0.4 is 0 Å². The first-order valence-corrected chi connectivity index (χ1v) is 11.1. The van der Waals surface area contributed by atoms with Crippen molar-refractivity contribution in [2.45, 2.75) is 37.3 Å². The number of halogens is 1. The number of amides is 2. The Balaban J connectivity index is 1.32. The molecule has 164 valence electrons. The summed E-state index contributed by atoms with van der Waals surface area (Å²) in [4.78, 5) is 28.7. The van der Waals surface area contributed by atoms with E-state index < -0.39 is 0 Å². The number of hydrogen-bond donors (Lipinski definition) is 1. The van der Waals surface area contributed by atoms with E-state index in [9.17, 15) is 19.1 Å². The Morgan fingerprint density at radius 1 is 1.09 bits per heavy atom. The summed E-state index contributed by atoms with van der Waals surface area (Å²) in [6, 6.07) is 13.5. The molecule has 5 rings (SSSR count). The molecule has 2 aromatic rings. The van der Waals surface area contributed by atoms with Crippen molar-refractivity contribution in [2.24, 2.45) is 5.92 Å². The second-order valence-electron chi connectivity index (χ2n) is 8.95. The van der Waals surface area contributed by atoms with E-state index in [4.69, 9.17) is 0 Å². The highest BCUT2D eigenvalue weighted by atomic mass is 19.1. The molecule has 0 radical (unpaired) electrons. The summed E-state index contributed by atoms with van der Waals surface area (Å²) in [5, 5.41) is 9.94. The summed E-state index contributed by atoms with van der Waals surface area (Å²) >= 11 is 0. The van der Waals surface area contributed by atoms with E-state index in [2.05, 4.69) is 11.8 Å². The van der Waals surface area contributed by atoms with Gasteiger partial charge in [-0.05, 0) is 54.7 Å². The van der Waals surface area contributed by atoms with Crippen molar-refractivity contribution in [3.8, 4) is 11.8 Å². The highest BCUT2D eigenvalue weighted by Crippen LogP contribution is 2.43. The number of rotatable bonds is 4. The van der Waals surface area contributed by atoms with E-state index in [1.54, 1.807) is 21.9 Å². The van der Waals surface area contributed by atoms with E-state index in [0.717, 1.165) is 24.0 Å². The van der Waals surface area contributed by atoms with E-state index in [1.165, 1.54) is 12.1 Å². The van der Waals surface area contributed by atoms with Crippen LogP contribution in [0, 0.1) is 23.6 Å². The summed E-state index contributed by atoms with van der Waals surface area (Å²) in [6.07, 6.45) is 2.74. The standard InChI is InChI=1S/C26H25FN2O3/c27-21-3-1-2-18(12-21)5-4-17-8-10-20(11-9-17)26-22-14-28(24(31)13-19-6-7-19)15-25(32)29(22)23(26)16-30/h1-3,8-12,19,22-23,26,30H,6-7,13-16H2/t22-,23-,26+/m1/s1. The lowest BCUT2D eigenvalue weighted by Gasteiger charge is -2.58. The fourth-order valence-corrected chi connectivity index (χ4v) is 4.89. The number of aliphatic hydroxyl groups is 1. The van der Waals surface area contributed by atoms with Gasteiger partial charge in [0.2, 0.25) is 11.8 Å². The van der Waals surface area contributed by atoms with Gasteiger partial charge in [0.25, 0.3) is 0 Å². The number of fused-ring (bicyclic) bond motifs is 1. The molecule has 0 aromatic heterocycles. The number of piperazine rings is 1. The van der Waals surface area contributed by atoms with Gasteiger partial charge in [-0.15, -0.1) is 0 Å². The van der Waals surface area contributed by atoms with Gasteiger partial charge in [0.1, 0.15) is 5.82 Å². The Bertz CT molecular complexity index is 1100. The van der Waals surface area contributed by atoms with Gasteiger partial charge in [-0.1, -0.05) is 30.0 Å². The Kier molecular flexibility index (Phi) is 5.44. The van der Waals surface area contributed by atoms with Crippen molar-refractivity contribution in [3.63, 3.8) is 0 Å². The summed E-state index contributed by atoms with van der Waals surface area (Å²) in [5.41, 5.74) is 2.43. The highest BCUT2D eigenvalue weighted by Gasteiger charge is 2.54. The van der Waals surface area contributed by atoms with Gasteiger partial charge in [0.15, 0.2) is 0 Å². The second kappa shape index (κ2) is 8.40. The van der Waals surface area contributed by atoms with Crippen molar-refractivity contribution in [2.75, 3.05) is 19.7 Å². The van der Waals surface area contributed by atoms with E-state index in [-0.39, 0.29) is 48.8 Å². The minimum atomic E-state index is -0.316. The molecule has 0 unspecified atom stereocenters. The van der Waals surface area contributed by atoms with Gasteiger partial charge in [-0.25, -0.2) is 4.39 Å². The maximum absolute atomic E-state index is 13.3. The van der Waals surface area contributed by atoms with Crippen molar-refractivity contribution < 1.29 is 19.1 Å². The predicted molar refractivity (Wildman–Crippen MR) is 117 cm³/mol. The molecule has 0 spiro atoms. The number of benzene rings is 2. The smallest absolute Gasteiger partial charge is 0.242 e. The highest BCUT2D eigenvalue weighted by molar-refractivity contribution is 5.88. The molecule has 5 nitrogen and oxygen atoms in total. The zero-order chi connectivity index (χ0) is 22.2. The van der Waals surface area contributed by atoms with Crippen molar-refractivity contribution in [3.05, 3.63) is 71.0 Å². The third-order valence-electron chi connectivity index (χ3n) is 6.74. The Morgan fingerprint density at radius 3 is 2.53 bits per heavy atom. The average Bonchev–Trinajstić information content (AvgIpc) is 3.58. The lowest BCUT2D eigenvalue weighted by molar-refractivity contribution is -0.167. The zero-order valence-corrected chi connectivity index (χ0v) is 17.7. The number of aliphatic hydroxyl groups excluding tert-OH is 1. The van der Waals surface area contributed by atoms with Crippen LogP contribution in [0.1, 0.15) is 41.9 Å². The molecule has 3 aliphatic rings. The van der Waals surface area contributed by atoms with E-state index in [0.29, 0.717) is 24.4 Å². The Morgan fingerprint density at radius 2 is 1.84 bits per heavy atom. The molecule has 2 saturated heterocycles. The molecule has 1 aliphatic carbocycles. The third kappa shape index (κ3) is 4.01. The van der Waals surface area contributed by atoms with Crippen LogP contribution in [0.2, 0.25) is 0 Å². The van der Waals surface area contributed by atoms with Crippen LogP contribution in [0.3, 0.4) is 0 Å². The lowest BCUT2D eigenvalue weighted by atomic mass is 9.73. The minimum Gasteiger partial charge on any atom is -0.394 e. The van der Waals surface area contributed by atoms with Crippen LogP contribution >= 0.6 is 0 Å². The van der Waals surface area contributed by atoms with Gasteiger partial charge < -0.3 is 14.9 Å². The molecule has 3 atom stereocenters. The molecule has 2 heterocycles. The first-order chi connectivity index (χ1) is 15.5. The molecule has 1 saturated carbocycles. The number of hydrogen-bond acceptors (Lipinski definition) is 3. The van der Waals surface area contributed by atoms with Crippen LogP contribution in [-0.4, -0.2) is 58.5 Å². The summed E-state index contributed by atoms with van der Waals surface area (Å²) in [6.45, 7) is 0.517. The number of carbonyl (C=O) groups is 2. The summed E-state index contributed by atoms with van der Waals surface area (Å²) in [5.74, 6) is 6.13. The summed E-state index contributed by atoms with van der Waals surface area (Å²) in [7, 11) is 0. The van der Waals surface area contributed by atoms with Gasteiger partial charge >= 0.3 is 0 Å². The fraction of sp³-hybridized carbons (Fsp3) is 0.385. The SMILES string of the molecule is O=C(CC1CC1)N1CC(=O)N2[C@H](CO)[C@@H](c3ccc(C#Cc4cccc(F)c4)cc3)[C@H]2C1. The van der Waals surface area contributed by atoms with Crippen LogP contribution in [0.25, 0.3) is 0 Å². The fourth-order valence-electron chi connectivity index (χ4n) is 4.89. The third-order valence-corrected chi connectivity index (χ3v) is 6.74. The van der Waals surface area contributed by atoms with Crippen molar-refractivity contribution >= 4 is 11.8 Å². The maximum Gasteiger partial charge on any atom is 0.242 e. The quantitative estimate of drug-likeness (QED) is 0.756. The molecule has 2 amide bonds. The molecular formula is C26H25FN2O3.